The summed E-state index contributed by atoms with van der Waals surface area (Å²) in [5, 5.41) is 9.38. The smallest absolute Gasteiger partial charge is 0.315 e. The Bertz CT molecular complexity index is 550. The van der Waals surface area contributed by atoms with Crippen molar-refractivity contribution in [1.82, 2.24) is 0 Å². The number of ether oxygens (including phenoxy) is 1. The third-order valence-corrected chi connectivity index (χ3v) is 2.93. The number of fused-ring (bicyclic) bond motifs is 2. The van der Waals surface area contributed by atoms with E-state index < -0.39 is 11.9 Å². The molecule has 92 valence electrons. The van der Waals surface area contributed by atoms with Crippen LogP contribution >= 0.6 is 12.4 Å². The van der Waals surface area contributed by atoms with Crippen molar-refractivity contribution < 1.29 is 14.6 Å². The quantitative estimate of drug-likeness (QED) is 0.856. The van der Waals surface area contributed by atoms with Crippen molar-refractivity contribution in [2.24, 2.45) is 0 Å². The van der Waals surface area contributed by atoms with Gasteiger partial charge in [-0.05, 0) is 12.1 Å². The number of halogens is 1. The van der Waals surface area contributed by atoms with Gasteiger partial charge >= 0.3 is 5.97 Å². The van der Waals surface area contributed by atoms with E-state index in [1.165, 1.54) is 0 Å². The highest BCUT2D eigenvalue weighted by Crippen LogP contribution is 2.43. The molecule has 0 amide bonds. The molecular weight excluding hydrogens is 252 g/mol. The molecule has 0 saturated carbocycles. The van der Waals surface area contributed by atoms with Crippen molar-refractivity contribution in [3.63, 3.8) is 0 Å². The first kappa shape index (κ1) is 12.5. The summed E-state index contributed by atoms with van der Waals surface area (Å²) in [6.07, 6.45) is 0. The Hall–Kier alpha value is -2.00. The summed E-state index contributed by atoms with van der Waals surface area (Å²) in [6.45, 7) is 0. The lowest BCUT2D eigenvalue weighted by Gasteiger charge is -2.25. The molecule has 1 N–H and O–H groups in total. The monoisotopic (exact) mass is 262 g/mol. The van der Waals surface area contributed by atoms with E-state index in [0.717, 1.165) is 0 Å². The topological polar surface area (TPSA) is 46.5 Å². The van der Waals surface area contributed by atoms with Gasteiger partial charge in [-0.1, -0.05) is 36.4 Å². The molecule has 0 saturated heterocycles. The number of benzene rings is 2. The standard InChI is InChI=1S/C14H10O3.ClH/c15-14(16)13-9-5-1-3-7-11(9)17-12-8-4-2-6-10(12)13;/h1-8,13H,(H,15,16);1H. The Morgan fingerprint density at radius 2 is 1.39 bits per heavy atom. The van der Waals surface area contributed by atoms with Gasteiger partial charge in [0.1, 0.15) is 17.4 Å². The highest BCUT2D eigenvalue weighted by Gasteiger charge is 2.31. The normalized spacial score (nSPS) is 12.7. The van der Waals surface area contributed by atoms with Crippen molar-refractivity contribution in [2.75, 3.05) is 0 Å². The Morgan fingerprint density at radius 1 is 0.944 bits per heavy atom. The van der Waals surface area contributed by atoms with E-state index in [1.807, 2.05) is 24.3 Å². The highest BCUT2D eigenvalue weighted by molar-refractivity contribution is 5.85. The summed E-state index contributed by atoms with van der Waals surface area (Å²) in [5.41, 5.74) is 1.41. The third kappa shape index (κ3) is 1.83. The second-order valence-electron chi connectivity index (χ2n) is 3.95. The molecule has 1 heterocycles. The van der Waals surface area contributed by atoms with Crippen molar-refractivity contribution in [3.8, 4) is 11.5 Å². The van der Waals surface area contributed by atoms with Gasteiger partial charge in [0.25, 0.3) is 0 Å². The molecule has 18 heavy (non-hydrogen) atoms. The van der Waals surface area contributed by atoms with Crippen LogP contribution < -0.4 is 4.74 Å². The third-order valence-electron chi connectivity index (χ3n) is 2.93. The number of carboxylic acids is 1. The van der Waals surface area contributed by atoms with Gasteiger partial charge in [0.05, 0.1) is 0 Å². The van der Waals surface area contributed by atoms with Crippen molar-refractivity contribution in [3.05, 3.63) is 59.7 Å². The zero-order valence-corrected chi connectivity index (χ0v) is 10.2. The fourth-order valence-corrected chi connectivity index (χ4v) is 2.18. The van der Waals surface area contributed by atoms with Crippen LogP contribution in [0, 0.1) is 0 Å². The lowest BCUT2D eigenvalue weighted by molar-refractivity contribution is -0.137. The second-order valence-corrected chi connectivity index (χ2v) is 3.95. The average molecular weight is 263 g/mol. The molecule has 0 aromatic heterocycles. The maximum atomic E-state index is 11.4. The molecule has 3 nitrogen and oxygen atoms in total. The first-order chi connectivity index (χ1) is 8.27. The molecule has 0 bridgehead atoms. The van der Waals surface area contributed by atoms with E-state index in [9.17, 15) is 9.90 Å². The fourth-order valence-electron chi connectivity index (χ4n) is 2.18. The van der Waals surface area contributed by atoms with Gasteiger partial charge in [0.2, 0.25) is 0 Å². The fraction of sp³-hybridized carbons (Fsp3) is 0.0714. The SMILES string of the molecule is Cl.O=C(O)C1c2ccccc2Oc2ccccc21. The van der Waals surface area contributed by atoms with E-state index in [0.29, 0.717) is 22.6 Å². The van der Waals surface area contributed by atoms with Crippen LogP contribution in [0.1, 0.15) is 17.0 Å². The number of carbonyl (C=O) groups is 1. The summed E-state index contributed by atoms with van der Waals surface area (Å²) >= 11 is 0. The van der Waals surface area contributed by atoms with Gasteiger partial charge in [-0.15, -0.1) is 12.4 Å². The van der Waals surface area contributed by atoms with Crippen LogP contribution in [0.4, 0.5) is 0 Å². The van der Waals surface area contributed by atoms with E-state index in [2.05, 4.69) is 0 Å². The predicted octanol–water partition coefficient (Wildman–Crippen LogP) is 3.43. The Kier molecular flexibility index (Phi) is 3.26. The maximum Gasteiger partial charge on any atom is 0.315 e. The number of para-hydroxylation sites is 2. The number of hydrogen-bond donors (Lipinski definition) is 1. The predicted molar refractivity (Wildman–Crippen MR) is 69.7 cm³/mol. The van der Waals surface area contributed by atoms with Crippen LogP contribution in [0.25, 0.3) is 0 Å². The van der Waals surface area contributed by atoms with Gasteiger partial charge in [0, 0.05) is 11.1 Å². The molecule has 0 aliphatic carbocycles. The van der Waals surface area contributed by atoms with Crippen LogP contribution in [0.3, 0.4) is 0 Å². The molecule has 1 aliphatic rings. The molecular formula is C14H11ClO3. The van der Waals surface area contributed by atoms with Gasteiger partial charge in [0.15, 0.2) is 0 Å². The molecule has 1 aliphatic heterocycles. The lowest BCUT2D eigenvalue weighted by atomic mass is 9.88. The summed E-state index contributed by atoms with van der Waals surface area (Å²) in [7, 11) is 0. The average Bonchev–Trinajstić information content (AvgIpc) is 2.35. The Balaban J connectivity index is 0.00000120. The van der Waals surface area contributed by atoms with Gasteiger partial charge in [-0.2, -0.15) is 0 Å². The number of hydrogen-bond acceptors (Lipinski definition) is 2. The maximum absolute atomic E-state index is 11.4. The van der Waals surface area contributed by atoms with E-state index >= 15 is 0 Å². The second kappa shape index (κ2) is 4.70. The zero-order valence-electron chi connectivity index (χ0n) is 9.37. The summed E-state index contributed by atoms with van der Waals surface area (Å²) < 4.78 is 5.69. The van der Waals surface area contributed by atoms with Crippen LogP contribution in [0.15, 0.2) is 48.5 Å². The number of aliphatic carboxylic acids is 1. The first-order valence-electron chi connectivity index (χ1n) is 5.36. The van der Waals surface area contributed by atoms with Gasteiger partial charge in [-0.25, -0.2) is 0 Å². The summed E-state index contributed by atoms with van der Waals surface area (Å²) in [6, 6.07) is 14.5. The minimum atomic E-state index is -0.854. The minimum Gasteiger partial charge on any atom is -0.481 e. The Labute approximate surface area is 110 Å². The van der Waals surface area contributed by atoms with E-state index in [4.69, 9.17) is 4.74 Å². The van der Waals surface area contributed by atoms with Crippen LogP contribution in [-0.4, -0.2) is 11.1 Å². The van der Waals surface area contributed by atoms with E-state index in [1.54, 1.807) is 24.3 Å². The molecule has 0 radical (unpaired) electrons. The largest absolute Gasteiger partial charge is 0.481 e. The minimum absolute atomic E-state index is 0. The van der Waals surface area contributed by atoms with E-state index in [-0.39, 0.29) is 12.4 Å². The van der Waals surface area contributed by atoms with Crippen LogP contribution in [0.2, 0.25) is 0 Å². The van der Waals surface area contributed by atoms with Crippen LogP contribution in [0.5, 0.6) is 11.5 Å². The van der Waals surface area contributed by atoms with Crippen molar-refractivity contribution in [1.29, 1.82) is 0 Å². The number of carboxylic acid groups (broad SMARTS) is 1. The van der Waals surface area contributed by atoms with Gasteiger partial charge in [-0.3, -0.25) is 4.79 Å². The molecule has 2 aromatic rings. The molecule has 2 aromatic carbocycles. The summed E-state index contributed by atoms with van der Waals surface area (Å²) in [5.74, 6) is -0.249. The molecule has 4 heteroatoms. The molecule has 0 spiro atoms. The highest BCUT2D eigenvalue weighted by atomic mass is 35.5. The summed E-state index contributed by atoms with van der Waals surface area (Å²) in [4.78, 5) is 11.4. The molecule has 0 atom stereocenters. The first-order valence-corrected chi connectivity index (χ1v) is 5.36. The molecule has 0 unspecified atom stereocenters. The Morgan fingerprint density at radius 3 is 1.83 bits per heavy atom. The molecule has 0 fully saturated rings. The van der Waals surface area contributed by atoms with Crippen molar-refractivity contribution in [2.45, 2.75) is 5.92 Å². The van der Waals surface area contributed by atoms with Crippen LogP contribution in [-0.2, 0) is 4.79 Å². The number of rotatable bonds is 1. The molecule has 3 rings (SSSR count). The lowest BCUT2D eigenvalue weighted by Crippen LogP contribution is -2.18. The van der Waals surface area contributed by atoms with Gasteiger partial charge < -0.3 is 9.84 Å². The van der Waals surface area contributed by atoms with Crippen molar-refractivity contribution >= 4 is 18.4 Å². The zero-order chi connectivity index (χ0) is 11.8.